The zero-order valence-corrected chi connectivity index (χ0v) is 8.73. The molecule has 0 radical (unpaired) electrons. The first-order valence-corrected chi connectivity index (χ1v) is 4.77. The Morgan fingerprint density at radius 3 is 2.39 bits per heavy atom. The van der Waals surface area contributed by atoms with Crippen molar-refractivity contribution in [1.82, 2.24) is 10.2 Å². The van der Waals surface area contributed by atoms with Gasteiger partial charge in [-0.15, -0.1) is 5.10 Å². The normalized spacial score (nSPS) is 10.9. The molecule has 0 aliphatic rings. The summed E-state index contributed by atoms with van der Waals surface area (Å²) in [4.78, 5) is 9.86. The molecule has 0 spiro atoms. The van der Waals surface area contributed by atoms with Crippen LogP contribution in [0.2, 0.25) is 0 Å². The number of rotatable bonds is 3. The molecule has 1 heterocycles. The van der Waals surface area contributed by atoms with Gasteiger partial charge in [0.15, 0.2) is 5.69 Å². The lowest BCUT2D eigenvalue weighted by molar-refractivity contribution is -0.388. The lowest BCUT2D eigenvalue weighted by Gasteiger charge is -2.01. The maximum absolute atomic E-state index is 12.7. The summed E-state index contributed by atoms with van der Waals surface area (Å²) in [5.41, 5.74) is -0.949. The molecule has 0 amide bonds. The maximum Gasteiger partial charge on any atom is 0.351 e. The van der Waals surface area contributed by atoms with Crippen molar-refractivity contribution >= 4 is 5.82 Å². The van der Waals surface area contributed by atoms with Crippen LogP contribution in [0.25, 0.3) is 11.1 Å². The maximum atomic E-state index is 12.7. The molecule has 0 bridgehead atoms. The van der Waals surface area contributed by atoms with Gasteiger partial charge >= 0.3 is 5.82 Å². The molecule has 2 aromatic rings. The molecule has 94 valence electrons. The zero-order valence-electron chi connectivity index (χ0n) is 8.73. The van der Waals surface area contributed by atoms with E-state index in [4.69, 9.17) is 0 Å². The highest BCUT2D eigenvalue weighted by Crippen LogP contribution is 2.36. The van der Waals surface area contributed by atoms with Crippen LogP contribution in [0.1, 0.15) is 12.1 Å². The molecular weight excluding hydrogens is 251 g/mol. The Morgan fingerprint density at radius 1 is 1.28 bits per heavy atom. The van der Waals surface area contributed by atoms with E-state index in [2.05, 4.69) is 5.10 Å². The second-order valence-corrected chi connectivity index (χ2v) is 3.40. The van der Waals surface area contributed by atoms with E-state index in [1.54, 1.807) is 0 Å². The summed E-state index contributed by atoms with van der Waals surface area (Å²) >= 11 is 0. The summed E-state index contributed by atoms with van der Waals surface area (Å²) in [6.07, 6.45) is -2.96. The Bertz CT molecular complexity index is 581. The van der Waals surface area contributed by atoms with E-state index in [0.717, 1.165) is 12.1 Å². The average Bonchev–Trinajstić information content (AvgIpc) is 2.74. The first-order chi connectivity index (χ1) is 8.50. The lowest BCUT2D eigenvalue weighted by Crippen LogP contribution is -1.93. The number of hydrogen-bond donors (Lipinski definition) is 1. The molecule has 5 nitrogen and oxygen atoms in total. The largest absolute Gasteiger partial charge is 0.358 e. The van der Waals surface area contributed by atoms with Gasteiger partial charge in [-0.3, -0.25) is 0 Å². The Labute approximate surface area is 98.4 Å². The van der Waals surface area contributed by atoms with Crippen molar-refractivity contribution in [3.8, 4) is 11.1 Å². The Hall–Kier alpha value is -2.38. The molecular formula is C10H6F3N3O2. The molecule has 0 atom stereocenters. The zero-order chi connectivity index (χ0) is 13.3. The van der Waals surface area contributed by atoms with Gasteiger partial charge in [-0.05, 0) is 22.6 Å². The van der Waals surface area contributed by atoms with Crippen molar-refractivity contribution in [1.29, 1.82) is 0 Å². The number of aromatic amines is 1. The van der Waals surface area contributed by atoms with Crippen LogP contribution < -0.4 is 0 Å². The van der Waals surface area contributed by atoms with Crippen molar-refractivity contribution in [3.63, 3.8) is 0 Å². The molecule has 1 N–H and O–H groups in total. The van der Waals surface area contributed by atoms with Crippen molar-refractivity contribution in [2.45, 2.75) is 6.43 Å². The van der Waals surface area contributed by atoms with E-state index in [1.807, 2.05) is 5.10 Å². The number of nitro groups is 1. The molecule has 0 fully saturated rings. The van der Waals surface area contributed by atoms with Crippen LogP contribution in [0.3, 0.4) is 0 Å². The molecule has 1 aromatic carbocycles. The van der Waals surface area contributed by atoms with Crippen LogP contribution in [-0.4, -0.2) is 15.1 Å². The van der Waals surface area contributed by atoms with E-state index in [9.17, 15) is 23.3 Å². The number of benzene rings is 1. The van der Waals surface area contributed by atoms with E-state index >= 15 is 0 Å². The molecule has 0 aliphatic heterocycles. The van der Waals surface area contributed by atoms with E-state index in [0.29, 0.717) is 0 Å². The minimum Gasteiger partial charge on any atom is -0.358 e. The minimum absolute atomic E-state index is 0.104. The average molecular weight is 257 g/mol. The summed E-state index contributed by atoms with van der Waals surface area (Å²) < 4.78 is 38.1. The molecule has 1 aromatic heterocycles. The van der Waals surface area contributed by atoms with E-state index < -0.39 is 28.7 Å². The first kappa shape index (κ1) is 12.1. The van der Waals surface area contributed by atoms with Crippen molar-refractivity contribution < 1.29 is 18.1 Å². The highest BCUT2D eigenvalue weighted by atomic mass is 19.3. The van der Waals surface area contributed by atoms with Crippen LogP contribution in [0.15, 0.2) is 24.3 Å². The Kier molecular flexibility index (Phi) is 3.00. The number of H-pyrrole nitrogens is 1. The molecule has 0 saturated carbocycles. The Morgan fingerprint density at radius 2 is 1.89 bits per heavy atom. The highest BCUT2D eigenvalue weighted by Gasteiger charge is 2.28. The van der Waals surface area contributed by atoms with Crippen LogP contribution >= 0.6 is 0 Å². The lowest BCUT2D eigenvalue weighted by atomic mass is 10.1. The number of nitrogens with one attached hydrogen (secondary N) is 1. The summed E-state index contributed by atoms with van der Waals surface area (Å²) in [5.74, 6) is -1.21. The third-order valence-electron chi connectivity index (χ3n) is 2.30. The van der Waals surface area contributed by atoms with Crippen LogP contribution in [-0.2, 0) is 0 Å². The van der Waals surface area contributed by atoms with Gasteiger partial charge in [0, 0.05) is 0 Å². The van der Waals surface area contributed by atoms with Gasteiger partial charge in [-0.2, -0.15) is 0 Å². The van der Waals surface area contributed by atoms with Gasteiger partial charge in [0.1, 0.15) is 11.4 Å². The summed E-state index contributed by atoms with van der Waals surface area (Å²) in [7, 11) is 0. The predicted octanol–water partition coefficient (Wildman–Crippen LogP) is 3.06. The number of halogens is 3. The topological polar surface area (TPSA) is 71.8 Å². The van der Waals surface area contributed by atoms with E-state index in [-0.39, 0.29) is 11.1 Å². The van der Waals surface area contributed by atoms with Gasteiger partial charge in [-0.1, -0.05) is 17.2 Å². The van der Waals surface area contributed by atoms with Crippen LogP contribution in [0, 0.1) is 15.9 Å². The van der Waals surface area contributed by atoms with Crippen LogP contribution in [0.4, 0.5) is 19.0 Å². The third kappa shape index (κ3) is 2.04. The molecule has 8 heteroatoms. The fraction of sp³-hybridized carbons (Fsp3) is 0.100. The molecule has 0 saturated heterocycles. The van der Waals surface area contributed by atoms with Crippen molar-refractivity contribution in [2.75, 3.05) is 0 Å². The number of alkyl halides is 2. The van der Waals surface area contributed by atoms with Crippen molar-refractivity contribution in [3.05, 3.63) is 45.9 Å². The molecule has 2 rings (SSSR count). The quantitative estimate of drug-likeness (QED) is 0.678. The van der Waals surface area contributed by atoms with Gasteiger partial charge in [0.2, 0.25) is 0 Å². The number of aromatic nitrogens is 2. The second kappa shape index (κ2) is 4.47. The second-order valence-electron chi connectivity index (χ2n) is 3.40. The standard InChI is InChI=1S/C10H6F3N3O2/c11-6-3-1-5(2-4-6)7-8(9(12)13)14-15-10(7)16(17)18/h1-4,9H,(H,14,15). The van der Waals surface area contributed by atoms with Gasteiger partial charge < -0.3 is 10.1 Å². The summed E-state index contributed by atoms with van der Waals surface area (Å²) in [6.45, 7) is 0. The summed E-state index contributed by atoms with van der Waals surface area (Å²) in [5, 5.41) is 15.9. The smallest absolute Gasteiger partial charge is 0.351 e. The van der Waals surface area contributed by atoms with Crippen molar-refractivity contribution in [2.24, 2.45) is 0 Å². The SMILES string of the molecule is O=[N+]([O-])c1[nH]nc(C(F)F)c1-c1ccc(F)cc1. The highest BCUT2D eigenvalue weighted by molar-refractivity contribution is 5.74. The molecule has 0 unspecified atom stereocenters. The Balaban J connectivity index is 2.63. The van der Waals surface area contributed by atoms with Gasteiger partial charge in [0.05, 0.1) is 0 Å². The monoisotopic (exact) mass is 257 g/mol. The predicted molar refractivity (Wildman–Crippen MR) is 55.6 cm³/mol. The molecule has 0 aliphatic carbocycles. The minimum atomic E-state index is -2.96. The summed E-state index contributed by atoms with van der Waals surface area (Å²) in [6, 6.07) is 4.42. The van der Waals surface area contributed by atoms with Gasteiger partial charge in [-0.25, -0.2) is 13.2 Å². The number of nitrogens with zero attached hydrogens (tertiary/aromatic N) is 2. The third-order valence-corrected chi connectivity index (χ3v) is 2.30. The fourth-order valence-corrected chi connectivity index (χ4v) is 1.54. The van der Waals surface area contributed by atoms with Crippen LogP contribution in [0.5, 0.6) is 0 Å². The first-order valence-electron chi connectivity index (χ1n) is 4.77. The fourth-order valence-electron chi connectivity index (χ4n) is 1.54. The molecule has 18 heavy (non-hydrogen) atoms. The van der Waals surface area contributed by atoms with E-state index in [1.165, 1.54) is 12.1 Å². The number of hydrogen-bond acceptors (Lipinski definition) is 3. The van der Waals surface area contributed by atoms with Gasteiger partial charge in [0.25, 0.3) is 6.43 Å².